The SMILES string of the molecule is Cc1occc1SCc1cccc([N+](=O)[O-])c1F. The van der Waals surface area contributed by atoms with Gasteiger partial charge in [-0.2, -0.15) is 4.39 Å². The van der Waals surface area contributed by atoms with E-state index < -0.39 is 16.4 Å². The lowest BCUT2D eigenvalue weighted by atomic mass is 10.2. The van der Waals surface area contributed by atoms with E-state index in [0.717, 1.165) is 16.7 Å². The van der Waals surface area contributed by atoms with Crippen LogP contribution in [0.25, 0.3) is 0 Å². The lowest BCUT2D eigenvalue weighted by Crippen LogP contribution is -1.96. The maximum absolute atomic E-state index is 13.8. The summed E-state index contributed by atoms with van der Waals surface area (Å²) in [6.45, 7) is 1.81. The molecule has 0 atom stereocenters. The summed E-state index contributed by atoms with van der Waals surface area (Å²) in [5.74, 6) is 0.315. The van der Waals surface area contributed by atoms with Gasteiger partial charge in [-0.1, -0.05) is 12.1 Å². The van der Waals surface area contributed by atoms with Crippen molar-refractivity contribution in [3.05, 3.63) is 57.8 Å². The van der Waals surface area contributed by atoms with Crippen LogP contribution in [0.1, 0.15) is 11.3 Å². The van der Waals surface area contributed by atoms with Crippen LogP contribution in [0, 0.1) is 22.9 Å². The zero-order chi connectivity index (χ0) is 13.1. The van der Waals surface area contributed by atoms with E-state index in [4.69, 9.17) is 4.42 Å². The maximum atomic E-state index is 13.8. The fourth-order valence-electron chi connectivity index (χ4n) is 1.50. The van der Waals surface area contributed by atoms with Crippen LogP contribution in [0.5, 0.6) is 0 Å². The first-order valence-electron chi connectivity index (χ1n) is 5.18. The fraction of sp³-hybridized carbons (Fsp3) is 0.167. The van der Waals surface area contributed by atoms with E-state index in [9.17, 15) is 14.5 Å². The molecule has 94 valence electrons. The molecule has 4 nitrogen and oxygen atoms in total. The van der Waals surface area contributed by atoms with E-state index >= 15 is 0 Å². The van der Waals surface area contributed by atoms with Crippen LogP contribution in [0.4, 0.5) is 10.1 Å². The highest BCUT2D eigenvalue weighted by Gasteiger charge is 2.17. The lowest BCUT2D eigenvalue weighted by molar-refractivity contribution is -0.387. The molecule has 18 heavy (non-hydrogen) atoms. The molecule has 1 aromatic heterocycles. The van der Waals surface area contributed by atoms with Crippen molar-refractivity contribution < 1.29 is 13.7 Å². The second kappa shape index (κ2) is 5.22. The van der Waals surface area contributed by atoms with Crippen LogP contribution in [-0.2, 0) is 5.75 Å². The van der Waals surface area contributed by atoms with Gasteiger partial charge in [0.25, 0.3) is 0 Å². The van der Waals surface area contributed by atoms with Gasteiger partial charge in [-0.15, -0.1) is 11.8 Å². The van der Waals surface area contributed by atoms with Gasteiger partial charge in [0.15, 0.2) is 0 Å². The molecule has 0 radical (unpaired) electrons. The Morgan fingerprint density at radius 1 is 1.44 bits per heavy atom. The van der Waals surface area contributed by atoms with Crippen LogP contribution >= 0.6 is 11.8 Å². The zero-order valence-corrected chi connectivity index (χ0v) is 10.4. The molecule has 0 fully saturated rings. The first-order chi connectivity index (χ1) is 8.59. The van der Waals surface area contributed by atoms with Crippen molar-refractivity contribution in [1.29, 1.82) is 0 Å². The Hall–Kier alpha value is -1.82. The molecule has 0 saturated heterocycles. The smallest absolute Gasteiger partial charge is 0.305 e. The number of nitrogens with zero attached hydrogens (tertiary/aromatic N) is 1. The van der Waals surface area contributed by atoms with E-state index in [1.54, 1.807) is 18.4 Å². The average Bonchev–Trinajstić information content (AvgIpc) is 2.73. The number of thioether (sulfide) groups is 1. The number of furan rings is 1. The second-order valence-electron chi connectivity index (χ2n) is 3.64. The number of hydrogen-bond acceptors (Lipinski definition) is 4. The Morgan fingerprint density at radius 2 is 2.22 bits per heavy atom. The van der Waals surface area contributed by atoms with Gasteiger partial charge >= 0.3 is 5.69 Å². The summed E-state index contributed by atoms with van der Waals surface area (Å²) in [6.07, 6.45) is 1.56. The van der Waals surface area contributed by atoms with Gasteiger partial charge < -0.3 is 4.42 Å². The van der Waals surface area contributed by atoms with E-state index in [1.807, 2.05) is 6.92 Å². The molecule has 2 aromatic rings. The summed E-state index contributed by atoms with van der Waals surface area (Å²) in [6, 6.07) is 5.98. The Kier molecular flexibility index (Phi) is 3.66. The van der Waals surface area contributed by atoms with Crippen molar-refractivity contribution in [2.45, 2.75) is 17.6 Å². The fourth-order valence-corrected chi connectivity index (χ4v) is 2.43. The summed E-state index contributed by atoms with van der Waals surface area (Å²) in [4.78, 5) is 10.8. The van der Waals surface area contributed by atoms with Crippen molar-refractivity contribution in [2.75, 3.05) is 0 Å². The number of aryl methyl sites for hydroxylation is 1. The number of hydrogen-bond donors (Lipinski definition) is 0. The Bertz CT molecular complexity index is 582. The second-order valence-corrected chi connectivity index (χ2v) is 4.65. The van der Waals surface area contributed by atoms with Crippen molar-refractivity contribution in [3.8, 4) is 0 Å². The predicted octanol–water partition coefficient (Wildman–Crippen LogP) is 3.93. The van der Waals surface area contributed by atoms with Gasteiger partial charge in [0.2, 0.25) is 5.82 Å². The molecule has 2 rings (SSSR count). The summed E-state index contributed by atoms with van der Waals surface area (Å²) in [5, 5.41) is 10.6. The number of nitro benzene ring substituents is 1. The molecule has 0 N–H and O–H groups in total. The van der Waals surface area contributed by atoms with Crippen LogP contribution in [0.2, 0.25) is 0 Å². The summed E-state index contributed by atoms with van der Waals surface area (Å²) in [5.41, 5.74) is -0.174. The van der Waals surface area contributed by atoms with Gasteiger partial charge in [0.1, 0.15) is 5.76 Å². The van der Waals surface area contributed by atoms with Crippen LogP contribution in [0.3, 0.4) is 0 Å². The molecule has 0 unspecified atom stereocenters. The van der Waals surface area contributed by atoms with E-state index in [2.05, 4.69) is 0 Å². The minimum atomic E-state index is -0.767. The molecular weight excluding hydrogens is 257 g/mol. The van der Waals surface area contributed by atoms with E-state index in [-0.39, 0.29) is 0 Å². The van der Waals surface area contributed by atoms with Crippen molar-refractivity contribution in [2.24, 2.45) is 0 Å². The van der Waals surface area contributed by atoms with Crippen molar-refractivity contribution >= 4 is 17.4 Å². The molecule has 6 heteroatoms. The zero-order valence-electron chi connectivity index (χ0n) is 9.55. The Balaban J connectivity index is 2.17. The normalized spacial score (nSPS) is 10.6. The van der Waals surface area contributed by atoms with Crippen molar-refractivity contribution in [1.82, 2.24) is 0 Å². The van der Waals surface area contributed by atoms with Crippen LogP contribution < -0.4 is 0 Å². The quantitative estimate of drug-likeness (QED) is 0.478. The van der Waals surface area contributed by atoms with E-state index in [0.29, 0.717) is 11.3 Å². The highest BCUT2D eigenvalue weighted by molar-refractivity contribution is 7.98. The first-order valence-corrected chi connectivity index (χ1v) is 6.17. The highest BCUT2D eigenvalue weighted by Crippen LogP contribution is 2.29. The van der Waals surface area contributed by atoms with E-state index in [1.165, 1.54) is 17.8 Å². The topological polar surface area (TPSA) is 56.3 Å². The van der Waals surface area contributed by atoms with Gasteiger partial charge in [0, 0.05) is 22.3 Å². The van der Waals surface area contributed by atoms with Gasteiger partial charge in [0.05, 0.1) is 11.2 Å². The molecule has 0 bridgehead atoms. The lowest BCUT2D eigenvalue weighted by Gasteiger charge is -2.03. The molecule has 0 spiro atoms. The maximum Gasteiger partial charge on any atom is 0.305 e. The Morgan fingerprint density at radius 3 is 2.83 bits per heavy atom. The van der Waals surface area contributed by atoms with Gasteiger partial charge in [-0.3, -0.25) is 10.1 Å². The minimum Gasteiger partial charge on any atom is -0.468 e. The van der Waals surface area contributed by atoms with Crippen LogP contribution in [-0.4, -0.2) is 4.92 Å². The molecule has 0 saturated carbocycles. The molecule has 1 aromatic carbocycles. The molecule has 0 aliphatic heterocycles. The van der Waals surface area contributed by atoms with Gasteiger partial charge in [-0.25, -0.2) is 0 Å². The third kappa shape index (κ3) is 2.53. The van der Waals surface area contributed by atoms with Gasteiger partial charge in [-0.05, 0) is 13.0 Å². The summed E-state index contributed by atoms with van der Waals surface area (Å²) < 4.78 is 18.9. The summed E-state index contributed by atoms with van der Waals surface area (Å²) in [7, 11) is 0. The largest absolute Gasteiger partial charge is 0.468 e. The number of nitro groups is 1. The third-order valence-electron chi connectivity index (χ3n) is 2.45. The first kappa shape index (κ1) is 12.6. The average molecular weight is 267 g/mol. The van der Waals surface area contributed by atoms with Crippen LogP contribution in [0.15, 0.2) is 39.8 Å². The molecule has 1 heterocycles. The Labute approximate surface area is 107 Å². The minimum absolute atomic E-state index is 0.315. The monoisotopic (exact) mass is 267 g/mol. The predicted molar refractivity (Wildman–Crippen MR) is 66.1 cm³/mol. The third-order valence-corrected chi connectivity index (χ3v) is 3.64. The number of halogens is 1. The molecule has 0 amide bonds. The van der Waals surface area contributed by atoms with Crippen molar-refractivity contribution in [3.63, 3.8) is 0 Å². The molecule has 0 aliphatic rings. The number of benzene rings is 1. The standard InChI is InChI=1S/C12H10FNO3S/c1-8-11(5-6-17-8)18-7-9-3-2-4-10(12(9)13)14(15)16/h2-6H,7H2,1H3. The number of rotatable bonds is 4. The molecular formula is C12H10FNO3S. The molecule has 0 aliphatic carbocycles. The highest BCUT2D eigenvalue weighted by atomic mass is 32.2. The summed E-state index contributed by atoms with van der Waals surface area (Å²) >= 11 is 1.39.